The normalized spacial score (nSPS) is 24.2. The van der Waals surface area contributed by atoms with E-state index in [9.17, 15) is 13.5 Å². The standard InChI is InChI=1S/C21H29N3O4S/c1-15-7-9-18(10-8-15)29(26,27)14-20-22-21(28-23-20)19-11-17(25)13-24(19)12-16-5-3-2-4-6-16/h7-10,16-17,19,25H,2-6,11-14H2,1H3/t17-,19-/m1/s1. The number of sulfone groups is 1. The van der Waals surface area contributed by atoms with Crippen LogP contribution >= 0.6 is 0 Å². The van der Waals surface area contributed by atoms with Crippen molar-refractivity contribution in [2.75, 3.05) is 13.1 Å². The lowest BCUT2D eigenvalue weighted by Crippen LogP contribution is -2.31. The zero-order valence-corrected chi connectivity index (χ0v) is 17.6. The molecule has 1 N–H and O–H groups in total. The van der Waals surface area contributed by atoms with Crippen molar-refractivity contribution in [3.8, 4) is 0 Å². The van der Waals surface area contributed by atoms with E-state index in [4.69, 9.17) is 4.52 Å². The first kappa shape index (κ1) is 20.5. The van der Waals surface area contributed by atoms with Crippen LogP contribution < -0.4 is 0 Å². The van der Waals surface area contributed by atoms with Gasteiger partial charge in [0.15, 0.2) is 15.7 Å². The van der Waals surface area contributed by atoms with E-state index < -0.39 is 15.9 Å². The summed E-state index contributed by atoms with van der Waals surface area (Å²) in [4.78, 5) is 6.87. The van der Waals surface area contributed by atoms with Gasteiger partial charge in [0.25, 0.3) is 0 Å². The van der Waals surface area contributed by atoms with E-state index in [1.54, 1.807) is 24.3 Å². The highest BCUT2D eigenvalue weighted by atomic mass is 32.2. The molecule has 0 amide bonds. The van der Waals surface area contributed by atoms with Crippen LogP contribution in [0.2, 0.25) is 0 Å². The van der Waals surface area contributed by atoms with Gasteiger partial charge in [-0.1, -0.05) is 42.1 Å². The first-order valence-corrected chi connectivity index (χ1v) is 12.1. The highest BCUT2D eigenvalue weighted by Gasteiger charge is 2.37. The fourth-order valence-corrected chi connectivity index (χ4v) is 5.67. The Morgan fingerprint density at radius 2 is 1.90 bits per heavy atom. The predicted octanol–water partition coefficient (Wildman–Crippen LogP) is 3.04. The highest BCUT2D eigenvalue weighted by molar-refractivity contribution is 7.90. The molecule has 29 heavy (non-hydrogen) atoms. The fraction of sp³-hybridized carbons (Fsp3) is 0.619. The second-order valence-corrected chi connectivity index (χ2v) is 10.5. The van der Waals surface area contributed by atoms with E-state index in [-0.39, 0.29) is 22.5 Å². The van der Waals surface area contributed by atoms with Crippen molar-refractivity contribution in [3.63, 3.8) is 0 Å². The third kappa shape index (κ3) is 4.87. The van der Waals surface area contributed by atoms with Crippen molar-refractivity contribution in [1.29, 1.82) is 0 Å². The van der Waals surface area contributed by atoms with Gasteiger partial charge in [-0.2, -0.15) is 4.98 Å². The molecule has 2 atom stereocenters. The number of aromatic nitrogens is 2. The number of benzene rings is 1. The van der Waals surface area contributed by atoms with Crippen LogP contribution in [0.4, 0.5) is 0 Å². The van der Waals surface area contributed by atoms with Crippen molar-refractivity contribution in [2.24, 2.45) is 5.92 Å². The molecule has 8 heteroatoms. The number of aryl methyl sites for hydroxylation is 1. The Morgan fingerprint density at radius 1 is 1.17 bits per heavy atom. The van der Waals surface area contributed by atoms with E-state index in [1.165, 1.54) is 32.1 Å². The van der Waals surface area contributed by atoms with Gasteiger partial charge in [0.2, 0.25) is 5.89 Å². The molecule has 1 saturated carbocycles. The van der Waals surface area contributed by atoms with E-state index in [2.05, 4.69) is 15.0 Å². The van der Waals surface area contributed by atoms with Crippen molar-refractivity contribution in [3.05, 3.63) is 41.5 Å². The molecule has 2 aliphatic rings. The number of aliphatic hydroxyl groups is 1. The molecule has 7 nitrogen and oxygen atoms in total. The molecule has 158 valence electrons. The number of hydrogen-bond donors (Lipinski definition) is 1. The summed E-state index contributed by atoms with van der Waals surface area (Å²) in [6.07, 6.45) is 6.42. The summed E-state index contributed by atoms with van der Waals surface area (Å²) in [6, 6.07) is 6.61. The minimum absolute atomic E-state index is 0.143. The number of hydrogen-bond acceptors (Lipinski definition) is 7. The smallest absolute Gasteiger partial charge is 0.244 e. The van der Waals surface area contributed by atoms with Gasteiger partial charge in [-0.05, 0) is 44.2 Å². The zero-order valence-electron chi connectivity index (χ0n) is 16.8. The largest absolute Gasteiger partial charge is 0.392 e. The van der Waals surface area contributed by atoms with Crippen molar-refractivity contribution >= 4 is 9.84 Å². The Balaban J connectivity index is 1.46. The molecule has 2 heterocycles. The Morgan fingerprint density at radius 3 is 2.62 bits per heavy atom. The summed E-state index contributed by atoms with van der Waals surface area (Å²) in [7, 11) is -3.54. The quantitative estimate of drug-likeness (QED) is 0.769. The fourth-order valence-electron chi connectivity index (χ4n) is 4.50. The summed E-state index contributed by atoms with van der Waals surface area (Å²) in [5, 5.41) is 14.1. The van der Waals surface area contributed by atoms with Crippen LogP contribution in [0, 0.1) is 12.8 Å². The van der Waals surface area contributed by atoms with Crippen LogP contribution in [0.25, 0.3) is 0 Å². The average molecular weight is 420 g/mol. The third-order valence-corrected chi connectivity index (χ3v) is 7.70. The van der Waals surface area contributed by atoms with Crippen LogP contribution in [-0.2, 0) is 15.6 Å². The maximum atomic E-state index is 12.7. The van der Waals surface area contributed by atoms with Gasteiger partial charge in [-0.15, -0.1) is 0 Å². The van der Waals surface area contributed by atoms with Crippen LogP contribution in [0.1, 0.15) is 61.8 Å². The summed E-state index contributed by atoms with van der Waals surface area (Å²) in [5.74, 6) is 0.921. The summed E-state index contributed by atoms with van der Waals surface area (Å²) in [6.45, 7) is 3.43. The number of aliphatic hydroxyl groups excluding tert-OH is 1. The molecule has 4 rings (SSSR count). The second kappa shape index (κ2) is 8.53. The van der Waals surface area contributed by atoms with Gasteiger partial charge in [0, 0.05) is 13.1 Å². The van der Waals surface area contributed by atoms with E-state index in [0.29, 0.717) is 24.8 Å². The van der Waals surface area contributed by atoms with Crippen LogP contribution in [0.5, 0.6) is 0 Å². The molecule has 0 spiro atoms. The van der Waals surface area contributed by atoms with Crippen molar-refractivity contribution < 1.29 is 18.0 Å². The Bertz CT molecular complexity index is 920. The number of β-amino-alcohol motifs (C(OH)–C–C–N with tert-alkyl or cyclic N) is 1. The summed E-state index contributed by atoms with van der Waals surface area (Å²) in [5.41, 5.74) is 1.00. The Labute approximate surface area is 172 Å². The Kier molecular flexibility index (Phi) is 6.03. The highest BCUT2D eigenvalue weighted by Crippen LogP contribution is 2.34. The van der Waals surface area contributed by atoms with Crippen LogP contribution in [-0.4, -0.2) is 47.8 Å². The second-order valence-electron chi connectivity index (χ2n) is 8.48. The first-order chi connectivity index (χ1) is 13.9. The molecule has 1 aromatic carbocycles. The minimum atomic E-state index is -3.54. The predicted molar refractivity (Wildman–Crippen MR) is 108 cm³/mol. The third-order valence-electron chi connectivity index (χ3n) is 6.07. The molecule has 1 aliphatic heterocycles. The van der Waals surface area contributed by atoms with Gasteiger partial charge in [-0.25, -0.2) is 8.42 Å². The molecule has 0 unspecified atom stereocenters. The van der Waals surface area contributed by atoms with E-state index in [1.807, 2.05) is 6.92 Å². The number of nitrogens with zero attached hydrogens (tertiary/aromatic N) is 3. The molecule has 0 bridgehead atoms. The van der Waals surface area contributed by atoms with E-state index in [0.717, 1.165) is 12.1 Å². The molecule has 1 saturated heterocycles. The lowest BCUT2D eigenvalue weighted by atomic mass is 9.89. The Hall–Kier alpha value is -1.77. The molecule has 1 aliphatic carbocycles. The molecule has 0 radical (unpaired) electrons. The van der Waals surface area contributed by atoms with Gasteiger partial charge in [-0.3, -0.25) is 4.90 Å². The van der Waals surface area contributed by atoms with Crippen molar-refractivity contribution in [2.45, 2.75) is 68.2 Å². The minimum Gasteiger partial charge on any atom is -0.392 e. The topological polar surface area (TPSA) is 96.5 Å². The maximum Gasteiger partial charge on any atom is 0.244 e. The van der Waals surface area contributed by atoms with E-state index >= 15 is 0 Å². The zero-order chi connectivity index (χ0) is 20.4. The first-order valence-electron chi connectivity index (χ1n) is 10.4. The average Bonchev–Trinajstić information content (AvgIpc) is 3.28. The lowest BCUT2D eigenvalue weighted by molar-refractivity contribution is 0.147. The summed E-state index contributed by atoms with van der Waals surface area (Å²) < 4.78 is 30.7. The van der Waals surface area contributed by atoms with Gasteiger partial charge in [0.05, 0.1) is 17.0 Å². The van der Waals surface area contributed by atoms with Crippen LogP contribution in [0.3, 0.4) is 0 Å². The molecule has 1 aromatic heterocycles. The molecular weight excluding hydrogens is 390 g/mol. The van der Waals surface area contributed by atoms with Gasteiger partial charge < -0.3 is 9.63 Å². The number of likely N-dealkylation sites (tertiary alicyclic amines) is 1. The van der Waals surface area contributed by atoms with Crippen LogP contribution in [0.15, 0.2) is 33.7 Å². The summed E-state index contributed by atoms with van der Waals surface area (Å²) >= 11 is 0. The number of rotatable bonds is 6. The lowest BCUT2D eigenvalue weighted by Gasteiger charge is -2.29. The molecular formula is C21H29N3O4S. The molecule has 2 fully saturated rings. The SMILES string of the molecule is Cc1ccc(S(=O)(=O)Cc2noc([C@H]3C[C@@H](O)CN3CC3CCCCC3)n2)cc1. The van der Waals surface area contributed by atoms with Gasteiger partial charge >= 0.3 is 0 Å². The maximum absolute atomic E-state index is 12.7. The van der Waals surface area contributed by atoms with Gasteiger partial charge in [0.1, 0.15) is 5.75 Å². The monoisotopic (exact) mass is 419 g/mol. The molecule has 2 aromatic rings. The van der Waals surface area contributed by atoms with Crippen molar-refractivity contribution in [1.82, 2.24) is 15.0 Å².